The van der Waals surface area contributed by atoms with Crippen LogP contribution in [0.2, 0.25) is 18.1 Å². The van der Waals surface area contributed by atoms with E-state index in [2.05, 4.69) is 33.9 Å². The number of carbonyl (C=O) groups is 3. The van der Waals surface area contributed by atoms with Crippen molar-refractivity contribution in [2.45, 2.75) is 78.2 Å². The second kappa shape index (κ2) is 7.68. The molecule has 2 atom stereocenters. The number of aliphatic carboxylic acids is 1. The minimum atomic E-state index is -2.03. The van der Waals surface area contributed by atoms with Crippen molar-refractivity contribution in [2.75, 3.05) is 0 Å². The summed E-state index contributed by atoms with van der Waals surface area (Å²) in [6.07, 6.45) is 0.201. The first-order chi connectivity index (χ1) is 13.1. The molecule has 1 aliphatic heterocycles. The molecule has 1 aliphatic rings. The number of carboxylic acid groups (broad SMARTS) is 1. The zero-order chi connectivity index (χ0) is 22.4. The summed E-state index contributed by atoms with van der Waals surface area (Å²) in [6, 6.07) is 5.18. The summed E-state index contributed by atoms with van der Waals surface area (Å²) < 4.78 is 6.40. The first-order valence-corrected chi connectivity index (χ1v) is 12.9. The number of benzene rings is 1. The molecule has 1 heterocycles. The summed E-state index contributed by atoms with van der Waals surface area (Å²) in [5.74, 6) is -2.29. The van der Waals surface area contributed by atoms with Crippen LogP contribution in [0.25, 0.3) is 0 Å². The van der Waals surface area contributed by atoms with Crippen LogP contribution in [0.15, 0.2) is 24.3 Å². The van der Waals surface area contributed by atoms with Gasteiger partial charge in [0.2, 0.25) is 0 Å². The van der Waals surface area contributed by atoms with E-state index in [0.29, 0.717) is 6.42 Å². The Hall–Kier alpha value is -1.99. The average Bonchev–Trinajstić information content (AvgIpc) is 2.78. The Balaban J connectivity index is 2.30. The number of hydrogen-bond donors (Lipinski definition) is 1. The Morgan fingerprint density at radius 2 is 1.52 bits per heavy atom. The van der Waals surface area contributed by atoms with Crippen LogP contribution in [0.3, 0.4) is 0 Å². The molecule has 1 aromatic carbocycles. The Morgan fingerprint density at radius 3 is 1.90 bits per heavy atom. The van der Waals surface area contributed by atoms with Gasteiger partial charge in [-0.05, 0) is 49.0 Å². The molecule has 29 heavy (non-hydrogen) atoms. The molecule has 7 heteroatoms. The molecular weight excluding hydrogens is 386 g/mol. The molecule has 0 fully saturated rings. The number of fused-ring (bicyclic) bond motifs is 1. The quantitative estimate of drug-likeness (QED) is 0.517. The summed E-state index contributed by atoms with van der Waals surface area (Å²) in [5, 5.41) is 10.0. The van der Waals surface area contributed by atoms with E-state index in [-0.39, 0.29) is 22.3 Å². The molecule has 0 spiro atoms. The third kappa shape index (κ3) is 4.45. The highest BCUT2D eigenvalue weighted by Crippen LogP contribution is 2.40. The predicted octanol–water partition coefficient (Wildman–Crippen LogP) is 4.56. The smallest absolute Gasteiger partial charge is 0.327 e. The van der Waals surface area contributed by atoms with Gasteiger partial charge in [0, 0.05) is 6.10 Å². The van der Waals surface area contributed by atoms with Crippen LogP contribution >= 0.6 is 0 Å². The van der Waals surface area contributed by atoms with Gasteiger partial charge in [-0.1, -0.05) is 46.8 Å². The molecule has 6 nitrogen and oxygen atoms in total. The van der Waals surface area contributed by atoms with E-state index in [9.17, 15) is 19.5 Å². The predicted molar refractivity (Wildman–Crippen MR) is 115 cm³/mol. The van der Waals surface area contributed by atoms with E-state index < -0.39 is 37.6 Å². The average molecular weight is 420 g/mol. The van der Waals surface area contributed by atoms with E-state index in [1.807, 2.05) is 6.92 Å². The number of imide groups is 1. The minimum absolute atomic E-state index is 0.0279. The standard InChI is InChI=1S/C22H33NO5Si/c1-14(28-29(7,8)21(2,3)4)13-22(5,6)17(20(26)27)23-18(24)15-11-9-10-12-16(15)19(23)25/h9-12,14,17H,13H2,1-8H3,(H,26,27). The van der Waals surface area contributed by atoms with Gasteiger partial charge in [-0.3, -0.25) is 14.5 Å². The van der Waals surface area contributed by atoms with Crippen molar-refractivity contribution in [3.8, 4) is 0 Å². The van der Waals surface area contributed by atoms with Crippen LogP contribution in [0, 0.1) is 5.41 Å². The molecule has 0 aromatic heterocycles. The lowest BCUT2D eigenvalue weighted by Crippen LogP contribution is -2.54. The van der Waals surface area contributed by atoms with Crippen molar-refractivity contribution in [1.82, 2.24) is 4.90 Å². The van der Waals surface area contributed by atoms with Crippen LogP contribution in [0.5, 0.6) is 0 Å². The number of nitrogens with zero attached hydrogens (tertiary/aromatic N) is 1. The van der Waals surface area contributed by atoms with E-state index in [0.717, 1.165) is 4.90 Å². The van der Waals surface area contributed by atoms with Crippen LogP contribution < -0.4 is 0 Å². The van der Waals surface area contributed by atoms with Crippen molar-refractivity contribution in [1.29, 1.82) is 0 Å². The van der Waals surface area contributed by atoms with E-state index >= 15 is 0 Å². The highest BCUT2D eigenvalue weighted by Gasteiger charge is 2.50. The third-order valence-electron chi connectivity index (χ3n) is 6.17. The molecule has 0 radical (unpaired) electrons. The molecule has 0 aliphatic carbocycles. The van der Waals surface area contributed by atoms with Crippen molar-refractivity contribution in [3.05, 3.63) is 35.4 Å². The molecule has 0 bridgehead atoms. The molecule has 160 valence electrons. The van der Waals surface area contributed by atoms with E-state index in [1.165, 1.54) is 0 Å². The molecular formula is C22H33NO5Si. The second-order valence-electron chi connectivity index (χ2n) is 10.1. The summed E-state index contributed by atoms with van der Waals surface area (Å²) in [5.41, 5.74) is -0.365. The van der Waals surface area contributed by atoms with Gasteiger partial charge < -0.3 is 9.53 Å². The second-order valence-corrected chi connectivity index (χ2v) is 14.9. The van der Waals surface area contributed by atoms with E-state index in [4.69, 9.17) is 4.43 Å². The van der Waals surface area contributed by atoms with Crippen molar-refractivity contribution >= 4 is 26.1 Å². The number of amides is 2. The topological polar surface area (TPSA) is 83.9 Å². The number of carboxylic acids is 1. The van der Waals surface area contributed by atoms with Crippen molar-refractivity contribution in [2.24, 2.45) is 5.41 Å². The summed E-state index contributed by atoms with van der Waals surface area (Å²) in [7, 11) is -2.03. The molecule has 2 rings (SSSR count). The van der Waals surface area contributed by atoms with Gasteiger partial charge in [-0.15, -0.1) is 0 Å². The maximum Gasteiger partial charge on any atom is 0.327 e. The fraction of sp³-hybridized carbons (Fsp3) is 0.591. The highest BCUT2D eigenvalue weighted by atomic mass is 28.4. The largest absolute Gasteiger partial charge is 0.480 e. The van der Waals surface area contributed by atoms with Gasteiger partial charge in [0.05, 0.1) is 11.1 Å². The summed E-state index contributed by atoms with van der Waals surface area (Å²) in [4.78, 5) is 38.9. The molecule has 0 saturated carbocycles. The number of hydrogen-bond acceptors (Lipinski definition) is 4. The Labute approximate surface area is 174 Å². The molecule has 2 unspecified atom stereocenters. The maximum atomic E-state index is 12.9. The van der Waals surface area contributed by atoms with Gasteiger partial charge in [0.15, 0.2) is 8.32 Å². The summed E-state index contributed by atoms with van der Waals surface area (Å²) in [6.45, 7) is 16.2. The molecule has 1 aromatic rings. The zero-order valence-electron chi connectivity index (χ0n) is 18.7. The van der Waals surface area contributed by atoms with E-state index in [1.54, 1.807) is 38.1 Å². The SMILES string of the molecule is CC(CC(C)(C)C(C(=O)O)N1C(=O)c2ccccc2C1=O)O[Si](C)(C)C(C)(C)C. The van der Waals surface area contributed by atoms with Crippen molar-refractivity contribution < 1.29 is 23.9 Å². The first-order valence-electron chi connectivity index (χ1n) is 9.98. The fourth-order valence-electron chi connectivity index (χ4n) is 3.81. The Morgan fingerprint density at radius 1 is 1.07 bits per heavy atom. The first kappa shape index (κ1) is 23.3. The van der Waals surface area contributed by atoms with Gasteiger partial charge in [0.1, 0.15) is 6.04 Å². The van der Waals surface area contributed by atoms with Gasteiger partial charge in [-0.25, -0.2) is 4.79 Å². The lowest BCUT2D eigenvalue weighted by Gasteiger charge is -2.42. The highest BCUT2D eigenvalue weighted by molar-refractivity contribution is 6.74. The maximum absolute atomic E-state index is 12.9. The van der Waals surface area contributed by atoms with Gasteiger partial charge in [-0.2, -0.15) is 0 Å². The zero-order valence-corrected chi connectivity index (χ0v) is 19.7. The van der Waals surface area contributed by atoms with Crippen LogP contribution in [-0.2, 0) is 9.22 Å². The van der Waals surface area contributed by atoms with Gasteiger partial charge >= 0.3 is 5.97 Å². The Kier molecular flexibility index (Phi) is 6.17. The van der Waals surface area contributed by atoms with Crippen molar-refractivity contribution in [3.63, 3.8) is 0 Å². The van der Waals surface area contributed by atoms with Crippen LogP contribution in [-0.4, -0.2) is 48.3 Å². The minimum Gasteiger partial charge on any atom is -0.480 e. The lowest BCUT2D eigenvalue weighted by molar-refractivity contribution is -0.146. The Bertz CT molecular complexity index is 790. The molecule has 2 amide bonds. The van der Waals surface area contributed by atoms with Crippen LogP contribution in [0.1, 0.15) is 68.7 Å². The monoisotopic (exact) mass is 419 g/mol. The summed E-state index contributed by atoms with van der Waals surface area (Å²) >= 11 is 0. The third-order valence-corrected chi connectivity index (χ3v) is 10.8. The fourth-order valence-corrected chi connectivity index (χ4v) is 5.25. The van der Waals surface area contributed by atoms with Crippen LogP contribution in [0.4, 0.5) is 0 Å². The number of rotatable bonds is 7. The van der Waals surface area contributed by atoms with Gasteiger partial charge in [0.25, 0.3) is 11.8 Å². The normalized spacial score (nSPS) is 17.3. The number of carbonyl (C=O) groups excluding carboxylic acids is 2. The molecule has 0 saturated heterocycles. The molecule has 1 N–H and O–H groups in total. The lowest BCUT2D eigenvalue weighted by atomic mass is 9.78.